The summed E-state index contributed by atoms with van der Waals surface area (Å²) in [4.78, 5) is 25.7. The number of hydrogen-bond acceptors (Lipinski definition) is 3. The van der Waals surface area contributed by atoms with Crippen molar-refractivity contribution in [2.45, 2.75) is 26.7 Å². The van der Waals surface area contributed by atoms with Crippen molar-refractivity contribution < 1.29 is 9.21 Å². The normalized spacial score (nSPS) is 11.1. The van der Waals surface area contributed by atoms with Crippen molar-refractivity contribution in [3.63, 3.8) is 0 Å². The van der Waals surface area contributed by atoms with Crippen molar-refractivity contribution in [3.05, 3.63) is 28.7 Å². The second kappa shape index (κ2) is 5.08. The molecule has 0 saturated carbocycles. The van der Waals surface area contributed by atoms with Gasteiger partial charge in [0.25, 0.3) is 0 Å². The van der Waals surface area contributed by atoms with Gasteiger partial charge in [0.2, 0.25) is 5.91 Å². The largest absolute Gasteiger partial charge is 0.417 e. The van der Waals surface area contributed by atoms with Crippen LogP contribution < -0.4 is 11.1 Å². The Balaban J connectivity index is 2.31. The molecule has 5 heteroatoms. The van der Waals surface area contributed by atoms with Crippen LogP contribution >= 0.6 is 0 Å². The molecule has 0 bridgehead atoms. The standard InChI is InChI=1S/C13H16N2O3/c1-3-8(4-2)12(16)14-9-6-5-7-10-11(9)15-13(17)18-10/h5-8H,3-4H2,1-2H3,(H,14,16)(H,15,17). The molecule has 2 N–H and O–H groups in total. The van der Waals surface area contributed by atoms with Gasteiger partial charge in [0, 0.05) is 5.92 Å². The van der Waals surface area contributed by atoms with E-state index < -0.39 is 5.76 Å². The first-order valence-corrected chi connectivity index (χ1v) is 6.08. The highest BCUT2D eigenvalue weighted by molar-refractivity contribution is 5.99. The molecule has 0 saturated heterocycles. The Labute approximate surface area is 104 Å². The van der Waals surface area contributed by atoms with Crippen LogP contribution in [0.5, 0.6) is 0 Å². The quantitative estimate of drug-likeness (QED) is 0.872. The summed E-state index contributed by atoms with van der Waals surface area (Å²) in [7, 11) is 0. The van der Waals surface area contributed by atoms with Crippen molar-refractivity contribution in [1.29, 1.82) is 0 Å². The Bertz CT molecular complexity index is 608. The summed E-state index contributed by atoms with van der Waals surface area (Å²) < 4.78 is 4.94. The molecule has 0 fully saturated rings. The van der Waals surface area contributed by atoms with Crippen molar-refractivity contribution in [2.75, 3.05) is 5.32 Å². The Morgan fingerprint density at radius 3 is 2.78 bits per heavy atom. The monoisotopic (exact) mass is 248 g/mol. The number of nitrogens with one attached hydrogen (secondary N) is 2. The van der Waals surface area contributed by atoms with Gasteiger partial charge in [0.05, 0.1) is 5.69 Å². The summed E-state index contributed by atoms with van der Waals surface area (Å²) in [5.41, 5.74) is 1.56. The zero-order chi connectivity index (χ0) is 13.1. The fourth-order valence-electron chi connectivity index (χ4n) is 1.97. The van der Waals surface area contributed by atoms with E-state index in [4.69, 9.17) is 4.42 Å². The second-order valence-corrected chi connectivity index (χ2v) is 4.20. The fraction of sp³-hybridized carbons (Fsp3) is 0.385. The topological polar surface area (TPSA) is 75.1 Å². The number of para-hydroxylation sites is 1. The summed E-state index contributed by atoms with van der Waals surface area (Å²) in [6, 6.07) is 5.16. The van der Waals surface area contributed by atoms with E-state index >= 15 is 0 Å². The predicted octanol–water partition coefficient (Wildman–Crippen LogP) is 2.50. The molecule has 2 aromatic rings. The maximum Gasteiger partial charge on any atom is 0.417 e. The Kier molecular flexibility index (Phi) is 3.50. The fourth-order valence-corrected chi connectivity index (χ4v) is 1.97. The van der Waals surface area contributed by atoms with Crippen LogP contribution in [0.25, 0.3) is 11.1 Å². The molecule has 0 spiro atoms. The third-order valence-corrected chi connectivity index (χ3v) is 3.07. The first-order valence-electron chi connectivity index (χ1n) is 6.08. The molecule has 1 heterocycles. The number of H-pyrrole nitrogens is 1. The van der Waals surface area contributed by atoms with Gasteiger partial charge in [-0.05, 0) is 25.0 Å². The molecule has 5 nitrogen and oxygen atoms in total. The van der Waals surface area contributed by atoms with Crippen LogP contribution in [0.3, 0.4) is 0 Å². The van der Waals surface area contributed by atoms with E-state index in [-0.39, 0.29) is 11.8 Å². The third kappa shape index (κ3) is 2.30. The number of carbonyl (C=O) groups excluding carboxylic acids is 1. The van der Waals surface area contributed by atoms with Gasteiger partial charge in [-0.2, -0.15) is 0 Å². The van der Waals surface area contributed by atoms with Crippen LogP contribution in [-0.4, -0.2) is 10.9 Å². The lowest BCUT2D eigenvalue weighted by Gasteiger charge is -2.12. The molecule has 0 radical (unpaired) electrons. The van der Waals surface area contributed by atoms with Crippen molar-refractivity contribution >= 4 is 22.7 Å². The Hall–Kier alpha value is -2.04. The lowest BCUT2D eigenvalue weighted by molar-refractivity contribution is -0.120. The number of hydrogen-bond donors (Lipinski definition) is 2. The molecule has 1 aromatic carbocycles. The molecule has 1 amide bonds. The number of aromatic amines is 1. The number of rotatable bonds is 4. The average molecular weight is 248 g/mol. The van der Waals surface area contributed by atoms with E-state index in [2.05, 4.69) is 10.3 Å². The summed E-state index contributed by atoms with van der Waals surface area (Å²) in [5, 5.41) is 2.83. The Morgan fingerprint density at radius 1 is 1.39 bits per heavy atom. The molecular weight excluding hydrogens is 232 g/mol. The highest BCUT2D eigenvalue weighted by atomic mass is 16.4. The lowest BCUT2D eigenvalue weighted by Crippen LogP contribution is -2.21. The minimum absolute atomic E-state index is 0.0149. The van der Waals surface area contributed by atoms with Crippen LogP contribution in [-0.2, 0) is 4.79 Å². The van der Waals surface area contributed by atoms with Crippen LogP contribution in [0, 0.1) is 5.92 Å². The summed E-state index contributed by atoms with van der Waals surface area (Å²) in [6.45, 7) is 3.96. The number of amides is 1. The van der Waals surface area contributed by atoms with Gasteiger partial charge in [-0.3, -0.25) is 9.78 Å². The van der Waals surface area contributed by atoms with E-state index in [9.17, 15) is 9.59 Å². The van der Waals surface area contributed by atoms with Crippen molar-refractivity contribution in [3.8, 4) is 0 Å². The number of anilines is 1. The zero-order valence-electron chi connectivity index (χ0n) is 10.4. The molecule has 2 rings (SSSR count). The molecule has 0 aliphatic rings. The zero-order valence-corrected chi connectivity index (χ0v) is 10.4. The van der Waals surface area contributed by atoms with E-state index in [0.717, 1.165) is 12.8 Å². The van der Waals surface area contributed by atoms with Crippen molar-refractivity contribution in [1.82, 2.24) is 4.98 Å². The molecule has 0 atom stereocenters. The molecule has 1 aromatic heterocycles. The number of benzene rings is 1. The number of aromatic nitrogens is 1. The average Bonchev–Trinajstić information content (AvgIpc) is 2.72. The van der Waals surface area contributed by atoms with E-state index in [1.54, 1.807) is 18.2 Å². The molecule has 0 unspecified atom stereocenters. The molecule has 0 aliphatic heterocycles. The van der Waals surface area contributed by atoms with Gasteiger partial charge in [0.1, 0.15) is 5.52 Å². The molecule has 0 aliphatic carbocycles. The first-order chi connectivity index (χ1) is 8.65. The summed E-state index contributed by atoms with van der Waals surface area (Å²) in [5.74, 6) is -0.567. The third-order valence-electron chi connectivity index (χ3n) is 3.07. The summed E-state index contributed by atoms with van der Waals surface area (Å²) >= 11 is 0. The van der Waals surface area contributed by atoms with Gasteiger partial charge < -0.3 is 9.73 Å². The second-order valence-electron chi connectivity index (χ2n) is 4.20. The lowest BCUT2D eigenvalue weighted by atomic mass is 10.0. The van der Waals surface area contributed by atoms with Crippen molar-refractivity contribution in [2.24, 2.45) is 5.92 Å². The molecule has 96 valence electrons. The van der Waals surface area contributed by atoms with Crippen LogP contribution in [0.15, 0.2) is 27.4 Å². The number of carbonyl (C=O) groups is 1. The smallest absolute Gasteiger partial charge is 0.408 e. The molecular formula is C13H16N2O3. The number of oxazole rings is 1. The van der Waals surface area contributed by atoms with Crippen LogP contribution in [0.1, 0.15) is 26.7 Å². The minimum atomic E-state index is -0.519. The maximum absolute atomic E-state index is 12.0. The predicted molar refractivity (Wildman–Crippen MR) is 69.5 cm³/mol. The van der Waals surface area contributed by atoms with E-state index in [1.165, 1.54) is 0 Å². The Morgan fingerprint density at radius 2 is 2.11 bits per heavy atom. The van der Waals surface area contributed by atoms with Gasteiger partial charge >= 0.3 is 5.76 Å². The van der Waals surface area contributed by atoms with E-state index in [0.29, 0.717) is 16.8 Å². The van der Waals surface area contributed by atoms with Crippen LogP contribution in [0.2, 0.25) is 0 Å². The summed E-state index contributed by atoms with van der Waals surface area (Å²) in [6.07, 6.45) is 1.58. The maximum atomic E-state index is 12.0. The van der Waals surface area contributed by atoms with E-state index in [1.807, 2.05) is 13.8 Å². The SMILES string of the molecule is CCC(CC)C(=O)Nc1cccc2oc(=O)[nH]c12. The van der Waals surface area contributed by atoms with Gasteiger partial charge in [-0.1, -0.05) is 19.9 Å². The van der Waals surface area contributed by atoms with Crippen LogP contribution in [0.4, 0.5) is 5.69 Å². The minimum Gasteiger partial charge on any atom is -0.408 e. The number of fused-ring (bicyclic) bond motifs is 1. The highest BCUT2D eigenvalue weighted by Crippen LogP contribution is 2.21. The highest BCUT2D eigenvalue weighted by Gasteiger charge is 2.16. The molecule has 18 heavy (non-hydrogen) atoms. The van der Waals surface area contributed by atoms with Gasteiger partial charge in [-0.15, -0.1) is 0 Å². The first kappa shape index (κ1) is 12.4. The van der Waals surface area contributed by atoms with Gasteiger partial charge in [-0.25, -0.2) is 4.79 Å². The van der Waals surface area contributed by atoms with Gasteiger partial charge in [0.15, 0.2) is 5.58 Å².